The van der Waals surface area contributed by atoms with E-state index in [9.17, 15) is 4.79 Å². The van der Waals surface area contributed by atoms with Crippen molar-refractivity contribution >= 4 is 27.8 Å². The Morgan fingerprint density at radius 1 is 1.41 bits per heavy atom. The fraction of sp³-hybridized carbons (Fsp3) is 0.167. The highest BCUT2D eigenvalue weighted by molar-refractivity contribution is 9.10. The predicted molar refractivity (Wildman–Crippen MR) is 69.7 cm³/mol. The number of halogens is 1. The number of benzene rings is 1. The lowest BCUT2D eigenvalue weighted by Crippen LogP contribution is -2.16. The number of rotatable bonds is 3. The summed E-state index contributed by atoms with van der Waals surface area (Å²) in [6, 6.07) is 7.68. The molecule has 0 aliphatic rings. The number of hydrogen-bond donors (Lipinski definition) is 1. The van der Waals surface area contributed by atoms with Gasteiger partial charge in [-0.1, -0.05) is 28.1 Å². The summed E-state index contributed by atoms with van der Waals surface area (Å²) in [5, 5.41) is 2.75. The molecule has 0 saturated carbocycles. The third-order valence-corrected chi connectivity index (χ3v) is 2.88. The molecule has 0 aliphatic heterocycles. The maximum Gasteiger partial charge on any atom is 0.231 e. The standard InChI is InChI=1S/C12H12BrN3O/c1-16-7-6-14-12(16)15-11(17)8-9-2-4-10(13)5-3-9/h2-7H,8H2,1H3,(H,14,15,17). The van der Waals surface area contributed by atoms with Crippen molar-refractivity contribution in [2.75, 3.05) is 5.32 Å². The number of nitrogens with one attached hydrogen (secondary N) is 1. The maximum absolute atomic E-state index is 11.7. The summed E-state index contributed by atoms with van der Waals surface area (Å²) >= 11 is 3.36. The van der Waals surface area contributed by atoms with Crippen molar-refractivity contribution in [2.45, 2.75) is 6.42 Å². The van der Waals surface area contributed by atoms with E-state index in [1.165, 1.54) is 0 Å². The van der Waals surface area contributed by atoms with E-state index in [2.05, 4.69) is 26.2 Å². The second kappa shape index (κ2) is 5.14. The first-order chi connectivity index (χ1) is 8.15. The van der Waals surface area contributed by atoms with Gasteiger partial charge in [0.1, 0.15) is 0 Å². The van der Waals surface area contributed by atoms with Crippen molar-refractivity contribution in [3.8, 4) is 0 Å². The lowest BCUT2D eigenvalue weighted by Gasteiger charge is -2.04. The largest absolute Gasteiger partial charge is 0.320 e. The van der Waals surface area contributed by atoms with Crippen LogP contribution < -0.4 is 5.32 Å². The average molecular weight is 294 g/mol. The zero-order valence-electron chi connectivity index (χ0n) is 9.35. The van der Waals surface area contributed by atoms with Gasteiger partial charge in [0, 0.05) is 23.9 Å². The molecule has 0 saturated heterocycles. The molecule has 0 radical (unpaired) electrons. The maximum atomic E-state index is 11.7. The molecule has 1 aromatic carbocycles. The first kappa shape index (κ1) is 11.9. The Morgan fingerprint density at radius 3 is 2.71 bits per heavy atom. The summed E-state index contributed by atoms with van der Waals surface area (Å²) in [5.41, 5.74) is 0.972. The van der Waals surface area contributed by atoms with Crippen LogP contribution >= 0.6 is 15.9 Å². The number of aromatic nitrogens is 2. The highest BCUT2D eigenvalue weighted by Gasteiger charge is 2.06. The Morgan fingerprint density at radius 2 is 2.12 bits per heavy atom. The summed E-state index contributed by atoms with van der Waals surface area (Å²) in [4.78, 5) is 15.8. The van der Waals surface area contributed by atoms with E-state index in [1.54, 1.807) is 17.0 Å². The lowest BCUT2D eigenvalue weighted by molar-refractivity contribution is -0.115. The molecule has 1 amide bonds. The van der Waals surface area contributed by atoms with Gasteiger partial charge in [-0.25, -0.2) is 4.98 Å². The molecule has 1 heterocycles. The number of carbonyl (C=O) groups excluding carboxylic acids is 1. The van der Waals surface area contributed by atoms with Crippen molar-refractivity contribution in [3.63, 3.8) is 0 Å². The molecule has 0 fully saturated rings. The van der Waals surface area contributed by atoms with Crippen LogP contribution in [-0.4, -0.2) is 15.5 Å². The molecule has 0 aliphatic carbocycles. The van der Waals surface area contributed by atoms with E-state index in [4.69, 9.17) is 0 Å². The number of aryl methyl sites for hydroxylation is 1. The van der Waals surface area contributed by atoms with Gasteiger partial charge in [-0.2, -0.15) is 0 Å². The summed E-state index contributed by atoms with van der Waals surface area (Å²) in [5.74, 6) is 0.494. The predicted octanol–water partition coefficient (Wildman–Crippen LogP) is 2.36. The molecule has 1 N–H and O–H groups in total. The minimum absolute atomic E-state index is 0.0679. The van der Waals surface area contributed by atoms with Gasteiger partial charge in [-0.3, -0.25) is 10.1 Å². The Kier molecular flexibility index (Phi) is 3.58. The number of amides is 1. The zero-order chi connectivity index (χ0) is 12.3. The summed E-state index contributed by atoms with van der Waals surface area (Å²) in [6.07, 6.45) is 3.78. The van der Waals surface area contributed by atoms with Crippen LogP contribution in [0.4, 0.5) is 5.95 Å². The van der Waals surface area contributed by atoms with Gasteiger partial charge in [0.25, 0.3) is 0 Å². The summed E-state index contributed by atoms with van der Waals surface area (Å²) in [7, 11) is 1.84. The minimum Gasteiger partial charge on any atom is -0.320 e. The Bertz CT molecular complexity index is 519. The van der Waals surface area contributed by atoms with Crippen molar-refractivity contribution in [1.29, 1.82) is 0 Å². The van der Waals surface area contributed by atoms with Gasteiger partial charge in [0.05, 0.1) is 6.42 Å². The van der Waals surface area contributed by atoms with Crippen LogP contribution in [0.25, 0.3) is 0 Å². The topological polar surface area (TPSA) is 46.9 Å². The van der Waals surface area contributed by atoms with Crippen molar-refractivity contribution < 1.29 is 4.79 Å². The minimum atomic E-state index is -0.0679. The molecule has 5 heteroatoms. The van der Waals surface area contributed by atoms with E-state index >= 15 is 0 Å². The van der Waals surface area contributed by atoms with Crippen LogP contribution in [0.1, 0.15) is 5.56 Å². The molecule has 4 nitrogen and oxygen atoms in total. The monoisotopic (exact) mass is 293 g/mol. The Balaban J connectivity index is 1.98. The van der Waals surface area contributed by atoms with Crippen molar-refractivity contribution in [1.82, 2.24) is 9.55 Å². The van der Waals surface area contributed by atoms with E-state index in [-0.39, 0.29) is 5.91 Å². The molecule has 1 aromatic heterocycles. The van der Waals surface area contributed by atoms with E-state index in [0.29, 0.717) is 12.4 Å². The smallest absolute Gasteiger partial charge is 0.231 e. The van der Waals surface area contributed by atoms with Gasteiger partial charge < -0.3 is 4.57 Å². The van der Waals surface area contributed by atoms with E-state index in [1.807, 2.05) is 31.3 Å². The van der Waals surface area contributed by atoms with Gasteiger partial charge in [-0.15, -0.1) is 0 Å². The molecular weight excluding hydrogens is 282 g/mol. The van der Waals surface area contributed by atoms with Crippen LogP contribution in [0.2, 0.25) is 0 Å². The number of nitrogens with zero attached hydrogens (tertiary/aromatic N) is 2. The summed E-state index contributed by atoms with van der Waals surface area (Å²) in [6.45, 7) is 0. The first-order valence-corrected chi connectivity index (χ1v) is 5.96. The molecule has 0 spiro atoms. The average Bonchev–Trinajstić information content (AvgIpc) is 2.68. The molecular formula is C12H12BrN3O. The second-order valence-electron chi connectivity index (χ2n) is 3.71. The van der Waals surface area contributed by atoms with Crippen LogP contribution in [0.15, 0.2) is 41.1 Å². The van der Waals surface area contributed by atoms with Crippen LogP contribution in [0.5, 0.6) is 0 Å². The third kappa shape index (κ3) is 3.17. The normalized spacial score (nSPS) is 10.2. The van der Waals surface area contributed by atoms with Crippen LogP contribution in [0, 0.1) is 0 Å². The SMILES string of the molecule is Cn1ccnc1NC(=O)Cc1ccc(Br)cc1. The first-order valence-electron chi connectivity index (χ1n) is 5.17. The Hall–Kier alpha value is -1.62. The zero-order valence-corrected chi connectivity index (χ0v) is 10.9. The second-order valence-corrected chi connectivity index (χ2v) is 4.63. The van der Waals surface area contributed by atoms with Gasteiger partial charge in [-0.05, 0) is 17.7 Å². The van der Waals surface area contributed by atoms with E-state index < -0.39 is 0 Å². The van der Waals surface area contributed by atoms with Gasteiger partial charge in [0.15, 0.2) is 0 Å². The third-order valence-electron chi connectivity index (χ3n) is 2.35. The quantitative estimate of drug-likeness (QED) is 0.944. The van der Waals surface area contributed by atoms with Crippen molar-refractivity contribution in [3.05, 3.63) is 46.7 Å². The molecule has 0 bridgehead atoms. The fourth-order valence-corrected chi connectivity index (χ4v) is 1.71. The molecule has 0 unspecified atom stereocenters. The Labute approximate surface area is 108 Å². The van der Waals surface area contributed by atoms with Crippen LogP contribution in [-0.2, 0) is 18.3 Å². The van der Waals surface area contributed by atoms with Crippen molar-refractivity contribution in [2.24, 2.45) is 7.05 Å². The molecule has 2 rings (SSSR count). The number of carbonyl (C=O) groups is 1. The van der Waals surface area contributed by atoms with Gasteiger partial charge in [0.2, 0.25) is 11.9 Å². The van der Waals surface area contributed by atoms with Gasteiger partial charge >= 0.3 is 0 Å². The summed E-state index contributed by atoms with van der Waals surface area (Å²) < 4.78 is 2.77. The number of hydrogen-bond acceptors (Lipinski definition) is 2. The number of imidazole rings is 1. The molecule has 17 heavy (non-hydrogen) atoms. The van der Waals surface area contributed by atoms with E-state index in [0.717, 1.165) is 10.0 Å². The lowest BCUT2D eigenvalue weighted by atomic mass is 10.1. The number of anilines is 1. The molecule has 2 aromatic rings. The fourth-order valence-electron chi connectivity index (χ4n) is 1.44. The molecule has 0 atom stereocenters. The van der Waals surface area contributed by atoms with Crippen LogP contribution in [0.3, 0.4) is 0 Å². The molecule has 88 valence electrons. The highest BCUT2D eigenvalue weighted by atomic mass is 79.9. The highest BCUT2D eigenvalue weighted by Crippen LogP contribution is 2.11.